The number of carbonyl (C=O) groups excluding carboxylic acids is 2. The second-order valence-corrected chi connectivity index (χ2v) is 7.63. The van der Waals surface area contributed by atoms with Crippen LogP contribution in [0.4, 0.5) is 0 Å². The number of carbonyl (C=O) groups is 2. The number of amides is 1. The normalized spacial score (nSPS) is 15.8. The van der Waals surface area contributed by atoms with Crippen molar-refractivity contribution in [1.82, 2.24) is 14.8 Å². The zero-order valence-electron chi connectivity index (χ0n) is 17.7. The number of aromatic nitrogens is 2. The standard InChI is InChI=1S/C23H24N4O4/c1-15-6-8-18(9-7-15)19-12-20(21-5-4-10-30-21)27(25-19)22(28)14-31-23(29)13-26-17(3)11-16(2)24-26/h4-11,20H,12-14H2,1-3H3. The molecule has 2 aromatic heterocycles. The zero-order valence-corrected chi connectivity index (χ0v) is 17.7. The van der Waals surface area contributed by atoms with Gasteiger partial charge in [-0.25, -0.2) is 5.01 Å². The Morgan fingerprint density at radius 3 is 2.58 bits per heavy atom. The fraction of sp³-hybridized carbons (Fsp3) is 0.304. The van der Waals surface area contributed by atoms with E-state index in [-0.39, 0.29) is 12.6 Å². The van der Waals surface area contributed by atoms with E-state index in [2.05, 4.69) is 10.2 Å². The molecule has 3 aromatic rings. The van der Waals surface area contributed by atoms with E-state index in [4.69, 9.17) is 9.15 Å². The quantitative estimate of drug-likeness (QED) is 0.571. The van der Waals surface area contributed by atoms with Gasteiger partial charge in [-0.3, -0.25) is 14.3 Å². The number of esters is 1. The average Bonchev–Trinajstić information content (AvgIpc) is 3.47. The number of hydrogen-bond acceptors (Lipinski definition) is 6. The van der Waals surface area contributed by atoms with Crippen molar-refractivity contribution in [1.29, 1.82) is 0 Å². The molecule has 1 aliphatic heterocycles. The summed E-state index contributed by atoms with van der Waals surface area (Å²) in [6, 6.07) is 13.1. The van der Waals surface area contributed by atoms with E-state index in [0.717, 1.165) is 28.2 Å². The van der Waals surface area contributed by atoms with Crippen molar-refractivity contribution in [3.8, 4) is 0 Å². The Kier molecular flexibility index (Phi) is 5.70. The predicted octanol–water partition coefficient (Wildman–Crippen LogP) is 3.32. The number of benzene rings is 1. The van der Waals surface area contributed by atoms with Gasteiger partial charge in [-0.05, 0) is 44.5 Å². The van der Waals surface area contributed by atoms with Crippen molar-refractivity contribution >= 4 is 17.6 Å². The lowest BCUT2D eigenvalue weighted by atomic mass is 10.0. The van der Waals surface area contributed by atoms with Gasteiger partial charge < -0.3 is 9.15 Å². The van der Waals surface area contributed by atoms with Crippen LogP contribution in [-0.4, -0.2) is 39.0 Å². The Labute approximate surface area is 180 Å². The molecule has 8 nitrogen and oxygen atoms in total. The maximum absolute atomic E-state index is 12.9. The van der Waals surface area contributed by atoms with E-state index in [1.165, 1.54) is 5.01 Å². The second kappa shape index (κ2) is 8.59. The molecule has 160 valence electrons. The van der Waals surface area contributed by atoms with Crippen molar-refractivity contribution in [3.63, 3.8) is 0 Å². The average molecular weight is 420 g/mol. The van der Waals surface area contributed by atoms with E-state index in [1.807, 2.05) is 57.2 Å². The third kappa shape index (κ3) is 4.58. The van der Waals surface area contributed by atoms with Crippen molar-refractivity contribution in [2.24, 2.45) is 5.10 Å². The predicted molar refractivity (Wildman–Crippen MR) is 113 cm³/mol. The van der Waals surface area contributed by atoms with Gasteiger partial charge in [0.1, 0.15) is 18.3 Å². The van der Waals surface area contributed by atoms with Crippen LogP contribution < -0.4 is 0 Å². The molecule has 0 spiro atoms. The molecular formula is C23H24N4O4. The number of rotatable bonds is 6. The molecule has 0 N–H and O–H groups in total. The maximum atomic E-state index is 12.9. The molecule has 0 bridgehead atoms. The molecule has 1 aliphatic rings. The monoisotopic (exact) mass is 420 g/mol. The second-order valence-electron chi connectivity index (χ2n) is 7.63. The van der Waals surface area contributed by atoms with Crippen molar-refractivity contribution in [2.45, 2.75) is 39.8 Å². The van der Waals surface area contributed by atoms with Crippen LogP contribution >= 0.6 is 0 Å². The molecule has 8 heteroatoms. The summed E-state index contributed by atoms with van der Waals surface area (Å²) in [4.78, 5) is 25.1. The van der Waals surface area contributed by atoms with Crippen molar-refractivity contribution in [3.05, 3.63) is 77.0 Å². The van der Waals surface area contributed by atoms with Crippen LogP contribution in [0.5, 0.6) is 0 Å². The SMILES string of the molecule is Cc1ccc(C2=NN(C(=O)COC(=O)Cn3nc(C)cc3C)C(c3ccco3)C2)cc1. The Bertz CT molecular complexity index is 1110. The molecule has 1 amide bonds. The zero-order chi connectivity index (χ0) is 22.0. The van der Waals surface area contributed by atoms with Crippen LogP contribution in [0.15, 0.2) is 58.2 Å². The van der Waals surface area contributed by atoms with Crippen molar-refractivity contribution < 1.29 is 18.7 Å². The van der Waals surface area contributed by atoms with Crippen LogP contribution in [0.2, 0.25) is 0 Å². The fourth-order valence-electron chi connectivity index (χ4n) is 3.57. The maximum Gasteiger partial charge on any atom is 0.328 e. The van der Waals surface area contributed by atoms with Crippen LogP contribution in [-0.2, 0) is 20.9 Å². The first-order valence-corrected chi connectivity index (χ1v) is 10.1. The third-order valence-electron chi connectivity index (χ3n) is 5.16. The summed E-state index contributed by atoms with van der Waals surface area (Å²) in [6.07, 6.45) is 2.08. The summed E-state index contributed by atoms with van der Waals surface area (Å²) >= 11 is 0. The number of ether oxygens (including phenoxy) is 1. The lowest BCUT2D eigenvalue weighted by Gasteiger charge is -2.19. The molecule has 0 aliphatic carbocycles. The highest BCUT2D eigenvalue weighted by Gasteiger charge is 2.35. The highest BCUT2D eigenvalue weighted by atomic mass is 16.5. The number of furan rings is 1. The van der Waals surface area contributed by atoms with Crippen LogP contribution in [0.3, 0.4) is 0 Å². The van der Waals surface area contributed by atoms with Gasteiger partial charge in [0, 0.05) is 12.1 Å². The number of aryl methyl sites for hydroxylation is 3. The molecule has 1 unspecified atom stereocenters. The summed E-state index contributed by atoms with van der Waals surface area (Å²) in [6.45, 7) is 5.27. The fourth-order valence-corrected chi connectivity index (χ4v) is 3.57. The first-order chi connectivity index (χ1) is 14.9. The molecule has 1 atom stereocenters. The minimum absolute atomic E-state index is 0.0492. The molecule has 0 fully saturated rings. The Morgan fingerprint density at radius 2 is 1.94 bits per heavy atom. The number of hydrogen-bond donors (Lipinski definition) is 0. The van der Waals surface area contributed by atoms with Gasteiger partial charge in [0.25, 0.3) is 5.91 Å². The lowest BCUT2D eigenvalue weighted by Crippen LogP contribution is -2.31. The summed E-state index contributed by atoms with van der Waals surface area (Å²) in [5, 5.41) is 10.1. The van der Waals surface area contributed by atoms with Gasteiger partial charge in [0.15, 0.2) is 6.61 Å². The summed E-state index contributed by atoms with van der Waals surface area (Å²) in [5.74, 6) is -0.311. The Balaban J connectivity index is 1.46. The molecule has 1 aromatic carbocycles. The summed E-state index contributed by atoms with van der Waals surface area (Å²) in [7, 11) is 0. The van der Waals surface area contributed by atoms with E-state index >= 15 is 0 Å². The van der Waals surface area contributed by atoms with E-state index in [1.54, 1.807) is 17.0 Å². The third-order valence-corrected chi connectivity index (χ3v) is 5.16. The molecule has 4 rings (SSSR count). The number of nitrogens with zero attached hydrogens (tertiary/aromatic N) is 4. The number of hydrazone groups is 1. The molecule has 3 heterocycles. The Hall–Kier alpha value is -3.68. The van der Waals surface area contributed by atoms with Gasteiger partial charge in [0.05, 0.1) is 17.7 Å². The van der Waals surface area contributed by atoms with Gasteiger partial charge in [-0.1, -0.05) is 29.8 Å². The highest BCUT2D eigenvalue weighted by molar-refractivity contribution is 6.03. The summed E-state index contributed by atoms with van der Waals surface area (Å²) < 4.78 is 12.3. The van der Waals surface area contributed by atoms with Gasteiger partial charge in [-0.2, -0.15) is 10.2 Å². The molecule has 0 saturated carbocycles. The van der Waals surface area contributed by atoms with Crippen LogP contribution in [0.1, 0.15) is 40.7 Å². The van der Waals surface area contributed by atoms with Crippen molar-refractivity contribution in [2.75, 3.05) is 6.61 Å². The first kappa shape index (κ1) is 20.6. The molecule has 31 heavy (non-hydrogen) atoms. The molecule has 0 saturated heterocycles. The molecule has 0 radical (unpaired) electrons. The van der Waals surface area contributed by atoms with Gasteiger partial charge in [0.2, 0.25) is 0 Å². The Morgan fingerprint density at radius 1 is 1.16 bits per heavy atom. The summed E-state index contributed by atoms with van der Waals surface area (Å²) in [5.41, 5.74) is 4.54. The van der Waals surface area contributed by atoms with E-state index < -0.39 is 18.5 Å². The smallest absolute Gasteiger partial charge is 0.328 e. The van der Waals surface area contributed by atoms with E-state index in [0.29, 0.717) is 12.2 Å². The topological polar surface area (TPSA) is 89.9 Å². The minimum Gasteiger partial charge on any atom is -0.467 e. The highest BCUT2D eigenvalue weighted by Crippen LogP contribution is 2.33. The largest absolute Gasteiger partial charge is 0.467 e. The van der Waals surface area contributed by atoms with Crippen LogP contribution in [0, 0.1) is 20.8 Å². The van der Waals surface area contributed by atoms with Gasteiger partial charge >= 0.3 is 5.97 Å². The van der Waals surface area contributed by atoms with E-state index in [9.17, 15) is 9.59 Å². The first-order valence-electron chi connectivity index (χ1n) is 10.1. The lowest BCUT2D eigenvalue weighted by molar-refractivity contribution is -0.153. The minimum atomic E-state index is -0.531. The van der Waals surface area contributed by atoms with Crippen LogP contribution in [0.25, 0.3) is 0 Å². The molecular weight excluding hydrogens is 396 g/mol. The van der Waals surface area contributed by atoms with Gasteiger partial charge in [-0.15, -0.1) is 0 Å².